The van der Waals surface area contributed by atoms with Gasteiger partial charge in [-0.25, -0.2) is 0 Å². The second-order valence-corrected chi connectivity index (χ2v) is 8.66. The summed E-state index contributed by atoms with van der Waals surface area (Å²) in [5, 5.41) is 7.06. The van der Waals surface area contributed by atoms with Gasteiger partial charge in [-0.05, 0) is 44.5 Å². The molecule has 0 radical (unpaired) electrons. The predicted molar refractivity (Wildman–Crippen MR) is 106 cm³/mol. The molecule has 0 unspecified atom stereocenters. The molecule has 0 aliphatic heterocycles. The highest BCUT2D eigenvalue weighted by atomic mass is 32.1. The van der Waals surface area contributed by atoms with Crippen LogP contribution in [-0.4, -0.2) is 24.4 Å². The van der Waals surface area contributed by atoms with E-state index in [9.17, 15) is 4.57 Å². The van der Waals surface area contributed by atoms with Crippen molar-refractivity contribution in [2.45, 2.75) is 57.8 Å². The molecule has 0 heterocycles. The van der Waals surface area contributed by atoms with Crippen LogP contribution in [0.3, 0.4) is 0 Å². The van der Waals surface area contributed by atoms with Gasteiger partial charge < -0.3 is 19.7 Å². The maximum absolute atomic E-state index is 13.3. The lowest BCUT2D eigenvalue weighted by molar-refractivity contribution is 0.210. The number of hydrogen-bond donors (Lipinski definition) is 2. The highest BCUT2D eigenvalue weighted by molar-refractivity contribution is 7.80. The molecule has 1 atom stereocenters. The van der Waals surface area contributed by atoms with Crippen molar-refractivity contribution in [1.82, 2.24) is 10.6 Å². The maximum Gasteiger partial charge on any atom is 0.357 e. The fraction of sp³-hybridized carbons (Fsp3) is 0.611. The fourth-order valence-corrected chi connectivity index (χ4v) is 5.41. The van der Waals surface area contributed by atoms with Crippen LogP contribution in [0, 0.1) is 0 Å². The Morgan fingerprint density at radius 1 is 1.16 bits per heavy atom. The van der Waals surface area contributed by atoms with Gasteiger partial charge in [0, 0.05) is 6.04 Å². The van der Waals surface area contributed by atoms with Crippen molar-refractivity contribution < 1.29 is 13.6 Å². The van der Waals surface area contributed by atoms with Crippen LogP contribution in [0.2, 0.25) is 0 Å². The van der Waals surface area contributed by atoms with Gasteiger partial charge in [0.05, 0.1) is 13.2 Å². The van der Waals surface area contributed by atoms with Crippen molar-refractivity contribution >= 4 is 24.9 Å². The van der Waals surface area contributed by atoms with Crippen molar-refractivity contribution in [3.8, 4) is 0 Å². The summed E-state index contributed by atoms with van der Waals surface area (Å²) >= 11 is 5.49. The van der Waals surface area contributed by atoms with Crippen LogP contribution in [0.1, 0.15) is 57.3 Å². The van der Waals surface area contributed by atoms with Gasteiger partial charge in [0.25, 0.3) is 0 Å². The van der Waals surface area contributed by atoms with Gasteiger partial charge >= 0.3 is 7.60 Å². The lowest BCUT2D eigenvalue weighted by atomic mass is 9.96. The number of hydrogen-bond acceptors (Lipinski definition) is 4. The molecule has 1 aliphatic carbocycles. The molecule has 0 aromatic heterocycles. The summed E-state index contributed by atoms with van der Waals surface area (Å²) in [6, 6.07) is 9.93. The van der Waals surface area contributed by atoms with Crippen LogP contribution >= 0.6 is 19.8 Å². The molecule has 2 rings (SSSR count). The Hall–Kier alpha value is -0.940. The Balaban J connectivity index is 2.16. The number of thiocarbonyl (C=S) groups is 1. The van der Waals surface area contributed by atoms with Gasteiger partial charge in [0.1, 0.15) is 0 Å². The van der Waals surface area contributed by atoms with Crippen molar-refractivity contribution in [3.63, 3.8) is 0 Å². The van der Waals surface area contributed by atoms with E-state index in [1.54, 1.807) is 0 Å². The largest absolute Gasteiger partial charge is 0.360 e. The maximum atomic E-state index is 13.3. The molecule has 0 amide bonds. The first kappa shape index (κ1) is 20.4. The molecule has 140 valence electrons. The molecule has 2 N–H and O–H groups in total. The van der Waals surface area contributed by atoms with E-state index in [4.69, 9.17) is 21.3 Å². The van der Waals surface area contributed by atoms with Gasteiger partial charge in [-0.2, -0.15) is 0 Å². The Morgan fingerprint density at radius 2 is 1.76 bits per heavy atom. The van der Waals surface area contributed by atoms with E-state index in [-0.39, 0.29) is 0 Å². The van der Waals surface area contributed by atoms with Crippen molar-refractivity contribution in [2.75, 3.05) is 13.2 Å². The first-order valence-electron chi connectivity index (χ1n) is 9.09. The number of benzene rings is 1. The van der Waals surface area contributed by atoms with E-state index < -0.39 is 13.4 Å². The third kappa shape index (κ3) is 6.07. The lowest BCUT2D eigenvalue weighted by Gasteiger charge is -2.30. The normalized spacial score (nSPS) is 17.0. The molecule has 1 saturated carbocycles. The van der Waals surface area contributed by atoms with E-state index in [1.165, 1.54) is 19.3 Å². The molecule has 0 saturated heterocycles. The van der Waals surface area contributed by atoms with Gasteiger partial charge in [-0.1, -0.05) is 49.6 Å². The first-order valence-corrected chi connectivity index (χ1v) is 11.1. The van der Waals surface area contributed by atoms with Crippen LogP contribution in [0.4, 0.5) is 0 Å². The molecule has 1 fully saturated rings. The highest BCUT2D eigenvalue weighted by Gasteiger charge is 2.37. The summed E-state index contributed by atoms with van der Waals surface area (Å²) in [6.45, 7) is 4.24. The van der Waals surface area contributed by atoms with E-state index in [0.717, 1.165) is 18.4 Å². The van der Waals surface area contributed by atoms with E-state index in [0.29, 0.717) is 24.4 Å². The van der Waals surface area contributed by atoms with Crippen LogP contribution in [0.25, 0.3) is 0 Å². The Morgan fingerprint density at radius 3 is 2.32 bits per heavy atom. The topological polar surface area (TPSA) is 59.6 Å². The van der Waals surface area contributed by atoms with Crippen molar-refractivity contribution in [3.05, 3.63) is 35.9 Å². The van der Waals surface area contributed by atoms with E-state index in [1.807, 2.05) is 44.2 Å². The molecule has 7 heteroatoms. The van der Waals surface area contributed by atoms with Crippen LogP contribution in [0.5, 0.6) is 0 Å². The molecule has 1 aromatic carbocycles. The molecule has 25 heavy (non-hydrogen) atoms. The summed E-state index contributed by atoms with van der Waals surface area (Å²) in [5.41, 5.74) is 0.834. The zero-order valence-electron chi connectivity index (χ0n) is 15.1. The monoisotopic (exact) mass is 384 g/mol. The van der Waals surface area contributed by atoms with Gasteiger partial charge in [-0.3, -0.25) is 4.57 Å². The Bertz CT molecular complexity index is 569. The van der Waals surface area contributed by atoms with Crippen molar-refractivity contribution in [2.24, 2.45) is 0 Å². The van der Waals surface area contributed by atoms with Crippen molar-refractivity contribution in [1.29, 1.82) is 0 Å². The standard InChI is InChI=1S/C18H29N2O3PS/c1-3-22-24(21,23-4-2)17(15-11-7-5-8-12-15)20-18(25)19-16-13-9-6-10-14-16/h5,7-8,11-12,16-17H,3-4,6,9-10,13-14H2,1-2H3,(H2,19,20,25)/t17-/m0/s1. The van der Waals surface area contributed by atoms with Gasteiger partial charge in [0.2, 0.25) is 0 Å². The predicted octanol–water partition coefficient (Wildman–Crippen LogP) is 4.75. The molecule has 1 aromatic rings. The van der Waals surface area contributed by atoms with Gasteiger partial charge in [0.15, 0.2) is 10.9 Å². The number of nitrogens with one attached hydrogen (secondary N) is 2. The first-order chi connectivity index (χ1) is 12.1. The molecule has 1 aliphatic rings. The van der Waals surface area contributed by atoms with E-state index in [2.05, 4.69) is 10.6 Å². The minimum absolute atomic E-state index is 0.311. The van der Waals surface area contributed by atoms with Crippen LogP contribution in [0.15, 0.2) is 30.3 Å². The van der Waals surface area contributed by atoms with E-state index >= 15 is 0 Å². The van der Waals surface area contributed by atoms with Crippen LogP contribution in [-0.2, 0) is 13.6 Å². The molecule has 0 spiro atoms. The zero-order valence-corrected chi connectivity index (χ0v) is 16.8. The van der Waals surface area contributed by atoms with Crippen LogP contribution < -0.4 is 10.6 Å². The molecule has 0 bridgehead atoms. The smallest absolute Gasteiger partial charge is 0.357 e. The minimum atomic E-state index is -3.40. The third-order valence-corrected chi connectivity index (χ3v) is 6.79. The number of rotatable bonds is 8. The second kappa shape index (κ2) is 10.3. The van der Waals surface area contributed by atoms with Gasteiger partial charge in [-0.15, -0.1) is 0 Å². The summed E-state index contributed by atoms with van der Waals surface area (Å²) in [4.78, 5) is 0. The Labute approximate surface area is 156 Å². The Kier molecular flexibility index (Phi) is 8.37. The summed E-state index contributed by atoms with van der Waals surface area (Å²) in [7, 11) is -3.40. The fourth-order valence-electron chi connectivity index (χ4n) is 3.12. The third-order valence-electron chi connectivity index (χ3n) is 4.26. The summed E-state index contributed by atoms with van der Waals surface area (Å²) in [5.74, 6) is -0.628. The average molecular weight is 384 g/mol. The minimum Gasteiger partial charge on any atom is -0.360 e. The lowest BCUT2D eigenvalue weighted by Crippen LogP contribution is -2.44. The zero-order chi connectivity index (χ0) is 18.1. The quantitative estimate of drug-likeness (QED) is 0.498. The summed E-state index contributed by atoms with van der Waals surface area (Å²) < 4.78 is 24.5. The average Bonchev–Trinajstić information content (AvgIpc) is 2.61. The molecular weight excluding hydrogens is 355 g/mol. The molecule has 5 nitrogen and oxygen atoms in total. The highest BCUT2D eigenvalue weighted by Crippen LogP contribution is 2.59. The summed E-state index contributed by atoms with van der Waals surface area (Å²) in [6.07, 6.45) is 5.96. The molecular formula is C18H29N2O3PS. The second-order valence-electron chi connectivity index (χ2n) is 6.14. The SMILES string of the molecule is CCOP(=O)(OCC)[C@H](NC(=S)NC1CCCCC1)c1ccccc1.